The van der Waals surface area contributed by atoms with Crippen LogP contribution in [0.25, 0.3) is 0 Å². The first kappa shape index (κ1) is 20.3. The Morgan fingerprint density at radius 2 is 1.92 bits per heavy atom. The summed E-state index contributed by atoms with van der Waals surface area (Å²) in [4.78, 5) is 5.98. The van der Waals surface area contributed by atoms with Crippen molar-refractivity contribution in [2.75, 3.05) is 32.4 Å². The van der Waals surface area contributed by atoms with Gasteiger partial charge < -0.3 is 10.2 Å². The summed E-state index contributed by atoms with van der Waals surface area (Å²) < 4.78 is 62.9. The summed E-state index contributed by atoms with van der Waals surface area (Å²) in [6, 6.07) is 0. The van der Waals surface area contributed by atoms with Crippen molar-refractivity contribution in [1.29, 1.82) is 0 Å². The molecular formula is C16H28F3N3O2S. The number of nitrogens with one attached hydrogen (secondary N) is 1. The zero-order valence-electron chi connectivity index (χ0n) is 15.1. The van der Waals surface area contributed by atoms with Crippen LogP contribution in [-0.4, -0.2) is 62.6 Å². The molecule has 2 atom stereocenters. The summed E-state index contributed by atoms with van der Waals surface area (Å²) in [6.45, 7) is 4.13. The average molecular weight is 383 g/mol. The van der Waals surface area contributed by atoms with Gasteiger partial charge in [-0.1, -0.05) is 12.8 Å². The van der Waals surface area contributed by atoms with E-state index in [2.05, 4.69) is 10.3 Å². The van der Waals surface area contributed by atoms with E-state index in [0.29, 0.717) is 25.3 Å². The monoisotopic (exact) mass is 383 g/mol. The highest BCUT2D eigenvalue weighted by Crippen LogP contribution is 2.41. The van der Waals surface area contributed by atoms with Crippen LogP contribution in [0.2, 0.25) is 0 Å². The number of halogens is 3. The molecule has 0 aromatic rings. The lowest BCUT2D eigenvalue weighted by Gasteiger charge is -2.40. The Labute approximate surface area is 148 Å². The molecule has 9 heteroatoms. The fourth-order valence-corrected chi connectivity index (χ4v) is 5.13. The molecule has 1 aliphatic carbocycles. The van der Waals surface area contributed by atoms with E-state index in [4.69, 9.17) is 0 Å². The fraction of sp³-hybridized carbons (Fsp3) is 0.938. The van der Waals surface area contributed by atoms with Crippen molar-refractivity contribution in [1.82, 2.24) is 10.2 Å². The number of guanidine groups is 1. The molecule has 146 valence electrons. The van der Waals surface area contributed by atoms with Crippen molar-refractivity contribution in [2.24, 2.45) is 16.8 Å². The first-order valence-corrected chi connectivity index (χ1v) is 10.4. The molecule has 0 aromatic heterocycles. The van der Waals surface area contributed by atoms with Crippen molar-refractivity contribution >= 4 is 15.8 Å². The van der Waals surface area contributed by atoms with Crippen LogP contribution >= 0.6 is 0 Å². The second-order valence-corrected chi connectivity index (χ2v) is 10.4. The number of rotatable bonds is 2. The number of aliphatic imine (C=N–C) groups is 1. The van der Waals surface area contributed by atoms with Crippen LogP contribution in [0.15, 0.2) is 4.99 Å². The Hall–Kier alpha value is -0.990. The highest BCUT2D eigenvalue weighted by molar-refractivity contribution is 7.92. The van der Waals surface area contributed by atoms with Gasteiger partial charge in [0.1, 0.15) is 0 Å². The van der Waals surface area contributed by atoms with E-state index < -0.39 is 32.6 Å². The molecule has 0 aromatic carbocycles. The Morgan fingerprint density at radius 1 is 1.28 bits per heavy atom. The quantitative estimate of drug-likeness (QED) is 0.588. The number of hydrogen-bond donors (Lipinski definition) is 1. The van der Waals surface area contributed by atoms with Gasteiger partial charge in [-0.2, -0.15) is 13.2 Å². The van der Waals surface area contributed by atoms with Gasteiger partial charge in [-0.05, 0) is 32.6 Å². The molecule has 0 amide bonds. The van der Waals surface area contributed by atoms with Crippen LogP contribution in [-0.2, 0) is 9.84 Å². The SMILES string of the molecule is CN=C(NCC1CCCCC1C(F)(F)F)N1CCS(=O)(=O)C(C)(C)C1. The van der Waals surface area contributed by atoms with E-state index in [1.165, 1.54) is 0 Å². The zero-order chi connectivity index (χ0) is 18.9. The van der Waals surface area contributed by atoms with E-state index in [9.17, 15) is 21.6 Å². The lowest BCUT2D eigenvalue weighted by Crippen LogP contribution is -2.57. The Bertz CT molecular complexity index is 602. The largest absolute Gasteiger partial charge is 0.392 e. The van der Waals surface area contributed by atoms with E-state index in [1.807, 2.05) is 4.90 Å². The minimum Gasteiger partial charge on any atom is -0.356 e. The Morgan fingerprint density at radius 3 is 2.48 bits per heavy atom. The minimum absolute atomic E-state index is 0.0231. The van der Waals surface area contributed by atoms with Gasteiger partial charge in [0.25, 0.3) is 0 Å². The van der Waals surface area contributed by atoms with Gasteiger partial charge in [-0.25, -0.2) is 8.42 Å². The van der Waals surface area contributed by atoms with E-state index >= 15 is 0 Å². The molecule has 5 nitrogen and oxygen atoms in total. The standard InChI is InChI=1S/C16H28F3N3O2S/c1-15(2)11-22(8-9-25(15,23)24)14(20-3)21-10-12-6-4-5-7-13(12)16(17,18)19/h12-13H,4-11H2,1-3H3,(H,20,21). The molecule has 1 saturated heterocycles. The normalized spacial score (nSPS) is 30.2. The van der Waals surface area contributed by atoms with Crippen molar-refractivity contribution < 1.29 is 21.6 Å². The smallest absolute Gasteiger partial charge is 0.356 e. The maximum Gasteiger partial charge on any atom is 0.392 e. The summed E-state index contributed by atoms with van der Waals surface area (Å²) in [5.74, 6) is -1.23. The second-order valence-electron chi connectivity index (χ2n) is 7.62. The molecule has 25 heavy (non-hydrogen) atoms. The first-order chi connectivity index (χ1) is 11.5. The van der Waals surface area contributed by atoms with Crippen LogP contribution in [0.4, 0.5) is 13.2 Å². The van der Waals surface area contributed by atoms with Crippen molar-refractivity contribution in [3.8, 4) is 0 Å². The highest BCUT2D eigenvalue weighted by atomic mass is 32.2. The molecule has 1 N–H and O–H groups in total. The van der Waals surface area contributed by atoms with Crippen LogP contribution in [0.1, 0.15) is 39.5 Å². The van der Waals surface area contributed by atoms with Gasteiger partial charge >= 0.3 is 6.18 Å². The Kier molecular flexibility index (Phi) is 5.95. The fourth-order valence-electron chi connectivity index (χ4n) is 3.76. The predicted molar refractivity (Wildman–Crippen MR) is 92.3 cm³/mol. The predicted octanol–water partition coefficient (Wildman–Crippen LogP) is 2.44. The average Bonchev–Trinajstić information content (AvgIpc) is 2.51. The minimum atomic E-state index is -4.17. The van der Waals surface area contributed by atoms with Gasteiger partial charge in [0.2, 0.25) is 0 Å². The lowest BCUT2D eigenvalue weighted by atomic mass is 9.79. The molecular weight excluding hydrogens is 355 g/mol. The van der Waals surface area contributed by atoms with Gasteiger partial charge in [-0.15, -0.1) is 0 Å². The molecule has 2 unspecified atom stereocenters. The summed E-state index contributed by atoms with van der Waals surface area (Å²) in [5, 5.41) is 3.06. The summed E-state index contributed by atoms with van der Waals surface area (Å²) in [7, 11) is -1.60. The van der Waals surface area contributed by atoms with Crippen molar-refractivity contribution in [3.63, 3.8) is 0 Å². The van der Waals surface area contributed by atoms with E-state index in [0.717, 1.165) is 6.42 Å². The topological polar surface area (TPSA) is 61.8 Å². The first-order valence-electron chi connectivity index (χ1n) is 8.72. The summed E-state index contributed by atoms with van der Waals surface area (Å²) in [5.41, 5.74) is 0. The van der Waals surface area contributed by atoms with Gasteiger partial charge in [0, 0.05) is 26.7 Å². The number of hydrogen-bond acceptors (Lipinski definition) is 3. The van der Waals surface area contributed by atoms with Gasteiger partial charge in [-0.3, -0.25) is 4.99 Å². The molecule has 2 fully saturated rings. The van der Waals surface area contributed by atoms with Gasteiger partial charge in [0.05, 0.1) is 16.4 Å². The maximum atomic E-state index is 13.2. The molecule has 1 heterocycles. The highest BCUT2D eigenvalue weighted by Gasteiger charge is 2.45. The lowest BCUT2D eigenvalue weighted by molar-refractivity contribution is -0.195. The summed E-state index contributed by atoms with van der Waals surface area (Å²) >= 11 is 0. The van der Waals surface area contributed by atoms with Crippen molar-refractivity contribution in [3.05, 3.63) is 0 Å². The third-order valence-corrected chi connectivity index (χ3v) is 7.94. The van der Waals surface area contributed by atoms with Crippen LogP contribution in [0, 0.1) is 11.8 Å². The number of sulfone groups is 1. The van der Waals surface area contributed by atoms with Crippen molar-refractivity contribution in [2.45, 2.75) is 50.5 Å². The number of alkyl halides is 3. The molecule has 0 bridgehead atoms. The van der Waals surface area contributed by atoms with Crippen LogP contribution < -0.4 is 5.32 Å². The van der Waals surface area contributed by atoms with Crippen LogP contribution in [0.5, 0.6) is 0 Å². The number of nitrogens with zero attached hydrogens (tertiary/aromatic N) is 2. The molecule has 0 spiro atoms. The summed E-state index contributed by atoms with van der Waals surface area (Å²) in [6.07, 6.45) is -2.00. The van der Waals surface area contributed by atoms with E-state index in [1.54, 1.807) is 20.9 Å². The molecule has 2 aliphatic rings. The third-order valence-electron chi connectivity index (χ3n) is 5.41. The van der Waals surface area contributed by atoms with E-state index in [-0.39, 0.29) is 25.3 Å². The molecule has 1 saturated carbocycles. The second kappa shape index (κ2) is 7.32. The molecule has 2 rings (SSSR count). The van der Waals surface area contributed by atoms with Crippen LogP contribution in [0.3, 0.4) is 0 Å². The maximum absolute atomic E-state index is 13.2. The molecule has 1 aliphatic heterocycles. The van der Waals surface area contributed by atoms with Gasteiger partial charge in [0.15, 0.2) is 15.8 Å². The molecule has 0 radical (unpaired) electrons. The zero-order valence-corrected chi connectivity index (χ0v) is 15.9. The Balaban J connectivity index is 2.01. The third kappa shape index (κ3) is 4.60.